The minimum absolute atomic E-state index is 0.159. The SMILES string of the molecule is CC(C)(C)OC(=O)N[C@H]1CSc2cc(F)c(C#N)cc2N(Cc2ccc(Cl)cc2)C1=O. The molecule has 0 saturated heterocycles. The first-order chi connectivity index (χ1) is 14.6. The first-order valence-corrected chi connectivity index (χ1v) is 10.9. The minimum atomic E-state index is -0.895. The second-order valence-corrected chi connectivity index (χ2v) is 9.47. The Kier molecular flexibility index (Phi) is 6.77. The molecular formula is C22H21ClFN3O3S. The molecule has 0 saturated carbocycles. The number of hydrogen-bond donors (Lipinski definition) is 1. The van der Waals surface area contributed by atoms with Crippen LogP contribution in [-0.4, -0.2) is 29.4 Å². The van der Waals surface area contributed by atoms with Crippen molar-refractivity contribution in [3.05, 3.63) is 58.4 Å². The quantitative estimate of drug-likeness (QED) is 0.704. The number of fused-ring (bicyclic) bond motifs is 1. The van der Waals surface area contributed by atoms with Gasteiger partial charge in [0.1, 0.15) is 23.5 Å². The van der Waals surface area contributed by atoms with Crippen molar-refractivity contribution in [2.24, 2.45) is 0 Å². The molecular weight excluding hydrogens is 441 g/mol. The molecule has 0 radical (unpaired) electrons. The number of amides is 2. The molecule has 1 aliphatic heterocycles. The molecule has 0 aliphatic carbocycles. The maximum absolute atomic E-state index is 14.3. The number of nitriles is 1. The Hall–Kier alpha value is -2.76. The summed E-state index contributed by atoms with van der Waals surface area (Å²) in [6.45, 7) is 5.34. The van der Waals surface area contributed by atoms with Crippen molar-refractivity contribution in [1.29, 1.82) is 5.26 Å². The monoisotopic (exact) mass is 461 g/mol. The third kappa shape index (κ3) is 5.69. The molecule has 9 heteroatoms. The number of nitrogens with zero attached hydrogens (tertiary/aromatic N) is 2. The lowest BCUT2D eigenvalue weighted by Crippen LogP contribution is -2.50. The Morgan fingerprint density at radius 1 is 1.35 bits per heavy atom. The first kappa shape index (κ1) is 22.9. The van der Waals surface area contributed by atoms with E-state index in [0.717, 1.165) is 5.56 Å². The van der Waals surface area contributed by atoms with Gasteiger partial charge >= 0.3 is 6.09 Å². The predicted octanol–water partition coefficient (Wildman–Crippen LogP) is 4.88. The molecule has 162 valence electrons. The number of nitrogens with one attached hydrogen (secondary N) is 1. The number of benzene rings is 2. The van der Waals surface area contributed by atoms with Crippen LogP contribution in [-0.2, 0) is 16.1 Å². The van der Waals surface area contributed by atoms with Crippen molar-refractivity contribution in [2.75, 3.05) is 10.7 Å². The normalized spacial score (nSPS) is 16.2. The van der Waals surface area contributed by atoms with Crippen LogP contribution in [0.1, 0.15) is 31.9 Å². The minimum Gasteiger partial charge on any atom is -0.444 e. The van der Waals surface area contributed by atoms with Gasteiger partial charge in [-0.25, -0.2) is 9.18 Å². The maximum Gasteiger partial charge on any atom is 0.408 e. The predicted molar refractivity (Wildman–Crippen MR) is 118 cm³/mol. The van der Waals surface area contributed by atoms with E-state index in [1.54, 1.807) is 45.0 Å². The van der Waals surface area contributed by atoms with Gasteiger partial charge in [0.25, 0.3) is 5.91 Å². The number of anilines is 1. The summed E-state index contributed by atoms with van der Waals surface area (Å²) < 4.78 is 19.5. The number of alkyl carbamates (subject to hydrolysis) is 1. The van der Waals surface area contributed by atoms with Gasteiger partial charge < -0.3 is 15.0 Å². The maximum atomic E-state index is 14.3. The summed E-state index contributed by atoms with van der Waals surface area (Å²) in [6, 6.07) is 10.5. The molecule has 1 heterocycles. The lowest BCUT2D eigenvalue weighted by molar-refractivity contribution is -0.120. The van der Waals surface area contributed by atoms with E-state index in [9.17, 15) is 19.2 Å². The fourth-order valence-corrected chi connectivity index (χ4v) is 4.20. The van der Waals surface area contributed by atoms with Crippen molar-refractivity contribution < 1.29 is 18.7 Å². The zero-order valence-electron chi connectivity index (χ0n) is 17.2. The van der Waals surface area contributed by atoms with Crippen LogP contribution in [0.5, 0.6) is 0 Å². The van der Waals surface area contributed by atoms with Gasteiger partial charge in [-0.3, -0.25) is 4.79 Å². The van der Waals surface area contributed by atoms with Crippen molar-refractivity contribution in [1.82, 2.24) is 5.32 Å². The van der Waals surface area contributed by atoms with E-state index in [-0.39, 0.29) is 23.8 Å². The van der Waals surface area contributed by atoms with Crippen LogP contribution in [0.15, 0.2) is 41.3 Å². The molecule has 0 unspecified atom stereocenters. The van der Waals surface area contributed by atoms with E-state index >= 15 is 0 Å². The van der Waals surface area contributed by atoms with Crippen molar-refractivity contribution in [3.8, 4) is 6.07 Å². The molecule has 31 heavy (non-hydrogen) atoms. The number of ether oxygens (including phenoxy) is 1. The van der Waals surface area contributed by atoms with Crippen LogP contribution >= 0.6 is 23.4 Å². The summed E-state index contributed by atoms with van der Waals surface area (Å²) in [4.78, 5) is 27.6. The summed E-state index contributed by atoms with van der Waals surface area (Å²) in [7, 11) is 0. The second kappa shape index (κ2) is 9.16. The summed E-state index contributed by atoms with van der Waals surface area (Å²) >= 11 is 7.19. The smallest absolute Gasteiger partial charge is 0.408 e. The van der Waals surface area contributed by atoms with E-state index in [0.29, 0.717) is 15.6 Å². The zero-order valence-corrected chi connectivity index (χ0v) is 18.8. The first-order valence-electron chi connectivity index (χ1n) is 9.49. The second-order valence-electron chi connectivity index (χ2n) is 7.97. The van der Waals surface area contributed by atoms with Gasteiger partial charge in [-0.2, -0.15) is 5.26 Å². The molecule has 2 aromatic rings. The highest BCUT2D eigenvalue weighted by Gasteiger charge is 2.34. The third-order valence-corrected chi connectivity index (χ3v) is 5.76. The van der Waals surface area contributed by atoms with Crippen LogP contribution in [0.3, 0.4) is 0 Å². The number of carbonyl (C=O) groups excluding carboxylic acids is 2. The number of halogens is 2. The molecule has 1 atom stereocenters. The molecule has 0 fully saturated rings. The van der Waals surface area contributed by atoms with Crippen molar-refractivity contribution in [3.63, 3.8) is 0 Å². The van der Waals surface area contributed by atoms with Gasteiger partial charge in [0.15, 0.2) is 0 Å². The van der Waals surface area contributed by atoms with Crippen LogP contribution in [0.25, 0.3) is 0 Å². The average molecular weight is 462 g/mol. The molecule has 1 aliphatic rings. The van der Waals surface area contributed by atoms with E-state index in [4.69, 9.17) is 16.3 Å². The fourth-order valence-electron chi connectivity index (χ4n) is 3.00. The van der Waals surface area contributed by atoms with Gasteiger partial charge in [0.2, 0.25) is 0 Å². The Morgan fingerprint density at radius 2 is 2.03 bits per heavy atom. The number of carbonyl (C=O) groups is 2. The van der Waals surface area contributed by atoms with Gasteiger partial charge in [-0.1, -0.05) is 23.7 Å². The standard InChI is InChI=1S/C22H21ClFN3O3S/c1-22(2,3)30-21(29)26-17-12-31-19-9-16(24)14(10-25)8-18(19)27(20(17)28)11-13-4-6-15(23)7-5-13/h4-9,17H,11-12H2,1-3H3,(H,26,29)/t17-/m0/s1. The van der Waals surface area contributed by atoms with Gasteiger partial charge in [-0.05, 0) is 50.6 Å². The highest BCUT2D eigenvalue weighted by atomic mass is 35.5. The highest BCUT2D eigenvalue weighted by molar-refractivity contribution is 7.99. The van der Waals surface area contributed by atoms with E-state index < -0.39 is 23.6 Å². The van der Waals surface area contributed by atoms with E-state index in [1.807, 2.05) is 6.07 Å². The van der Waals surface area contributed by atoms with Gasteiger partial charge in [0, 0.05) is 15.7 Å². The highest BCUT2D eigenvalue weighted by Crippen LogP contribution is 2.37. The van der Waals surface area contributed by atoms with Crippen LogP contribution < -0.4 is 10.2 Å². The number of hydrogen-bond acceptors (Lipinski definition) is 5. The Labute approximate surface area is 189 Å². The van der Waals surface area contributed by atoms with Crippen molar-refractivity contribution >= 4 is 41.1 Å². The Morgan fingerprint density at radius 3 is 2.65 bits per heavy atom. The van der Waals surface area contributed by atoms with Crippen LogP contribution in [0.2, 0.25) is 5.02 Å². The van der Waals surface area contributed by atoms with Gasteiger partial charge in [0.05, 0.1) is 17.8 Å². The lowest BCUT2D eigenvalue weighted by atomic mass is 10.1. The summed E-state index contributed by atoms with van der Waals surface area (Å²) in [5, 5.41) is 12.4. The number of rotatable bonds is 3. The zero-order chi connectivity index (χ0) is 22.8. The molecule has 0 spiro atoms. The van der Waals surface area contributed by atoms with Crippen LogP contribution in [0.4, 0.5) is 14.9 Å². The largest absolute Gasteiger partial charge is 0.444 e. The average Bonchev–Trinajstić information content (AvgIpc) is 2.79. The summed E-state index contributed by atoms with van der Waals surface area (Å²) in [5.41, 5.74) is 0.319. The van der Waals surface area contributed by atoms with E-state index in [2.05, 4.69) is 5.32 Å². The van der Waals surface area contributed by atoms with Gasteiger partial charge in [-0.15, -0.1) is 11.8 Å². The summed E-state index contributed by atoms with van der Waals surface area (Å²) in [5.74, 6) is -0.859. The molecule has 6 nitrogen and oxygen atoms in total. The number of thioether (sulfide) groups is 1. The molecule has 1 N–H and O–H groups in total. The molecule has 0 aromatic heterocycles. The topological polar surface area (TPSA) is 82.4 Å². The third-order valence-electron chi connectivity index (χ3n) is 4.37. The van der Waals surface area contributed by atoms with E-state index in [1.165, 1.54) is 28.8 Å². The fraction of sp³-hybridized carbons (Fsp3) is 0.318. The van der Waals surface area contributed by atoms with Crippen molar-refractivity contribution in [2.45, 2.75) is 43.9 Å². The molecule has 3 rings (SSSR count). The summed E-state index contributed by atoms with van der Waals surface area (Å²) in [6.07, 6.45) is -0.715. The van der Waals surface area contributed by atoms with Crippen LogP contribution in [0, 0.1) is 17.1 Å². The molecule has 0 bridgehead atoms. The Bertz CT molecular complexity index is 1050. The Balaban J connectivity index is 1.97. The molecule has 2 aromatic carbocycles. The molecule has 2 amide bonds. The lowest BCUT2D eigenvalue weighted by Gasteiger charge is -2.27.